The smallest absolute Gasteiger partial charge is 0.253 e. The number of likely N-dealkylation sites (tertiary alicyclic amines) is 1. The van der Waals surface area contributed by atoms with Crippen LogP contribution in [-0.4, -0.2) is 23.9 Å². The number of nitrogens with one attached hydrogen (secondary N) is 1. The molecule has 1 aliphatic carbocycles. The molecule has 3 nitrogen and oxygen atoms in total. The Balaban J connectivity index is 1.48. The van der Waals surface area contributed by atoms with Crippen LogP contribution in [-0.2, 0) is 0 Å². The molecular formula is C24H24Cl2N2O. The molecule has 2 aromatic carbocycles. The summed E-state index contributed by atoms with van der Waals surface area (Å²) < 4.78 is 0. The maximum Gasteiger partial charge on any atom is 0.253 e. The van der Waals surface area contributed by atoms with E-state index in [2.05, 4.69) is 29.6 Å². The zero-order chi connectivity index (χ0) is 20.0. The molecule has 0 aromatic heterocycles. The average Bonchev–Trinajstić information content (AvgIpc) is 3.23. The molecule has 150 valence electrons. The van der Waals surface area contributed by atoms with Crippen LogP contribution >= 0.6 is 23.2 Å². The minimum absolute atomic E-state index is 0.121. The Morgan fingerprint density at radius 2 is 1.83 bits per heavy atom. The van der Waals surface area contributed by atoms with Crippen LogP contribution in [0.3, 0.4) is 0 Å². The number of hydrogen-bond donors (Lipinski definition) is 1. The van der Waals surface area contributed by atoms with Gasteiger partial charge in [0.2, 0.25) is 0 Å². The van der Waals surface area contributed by atoms with Crippen molar-refractivity contribution in [2.75, 3.05) is 18.4 Å². The van der Waals surface area contributed by atoms with E-state index < -0.39 is 0 Å². The fourth-order valence-corrected chi connectivity index (χ4v) is 5.59. The number of carbonyl (C=O) groups is 1. The molecule has 29 heavy (non-hydrogen) atoms. The van der Waals surface area contributed by atoms with Crippen LogP contribution < -0.4 is 5.32 Å². The Hall–Kier alpha value is -1.97. The van der Waals surface area contributed by atoms with E-state index in [-0.39, 0.29) is 17.9 Å². The van der Waals surface area contributed by atoms with Gasteiger partial charge in [0.25, 0.3) is 5.91 Å². The number of halogens is 2. The molecule has 1 fully saturated rings. The maximum absolute atomic E-state index is 13.0. The van der Waals surface area contributed by atoms with Gasteiger partial charge in [-0.25, -0.2) is 0 Å². The first-order valence-electron chi connectivity index (χ1n) is 10.4. The van der Waals surface area contributed by atoms with E-state index in [4.69, 9.17) is 23.2 Å². The van der Waals surface area contributed by atoms with Crippen molar-refractivity contribution in [2.45, 2.75) is 37.6 Å². The average molecular weight is 427 g/mol. The van der Waals surface area contributed by atoms with Crippen LogP contribution in [0.1, 0.15) is 59.1 Å². The molecule has 5 rings (SSSR count). The third kappa shape index (κ3) is 3.45. The lowest BCUT2D eigenvalue weighted by Crippen LogP contribution is -2.36. The first kappa shape index (κ1) is 19.0. The lowest BCUT2D eigenvalue weighted by atomic mass is 9.76. The molecule has 0 bridgehead atoms. The molecular weight excluding hydrogens is 403 g/mol. The van der Waals surface area contributed by atoms with Crippen molar-refractivity contribution in [3.63, 3.8) is 0 Å². The van der Waals surface area contributed by atoms with Gasteiger partial charge in [-0.05, 0) is 73.1 Å². The summed E-state index contributed by atoms with van der Waals surface area (Å²) in [7, 11) is 0. The van der Waals surface area contributed by atoms with Crippen LogP contribution in [0.2, 0.25) is 10.0 Å². The minimum Gasteiger partial charge on any atom is -0.378 e. The molecule has 2 aromatic rings. The Morgan fingerprint density at radius 3 is 2.62 bits per heavy atom. The zero-order valence-corrected chi connectivity index (χ0v) is 17.7. The van der Waals surface area contributed by atoms with Crippen molar-refractivity contribution in [3.05, 3.63) is 75.3 Å². The third-order valence-electron chi connectivity index (χ3n) is 6.55. The number of benzene rings is 2. The summed E-state index contributed by atoms with van der Waals surface area (Å²) in [6, 6.07) is 12.0. The number of piperidine rings is 1. The summed E-state index contributed by atoms with van der Waals surface area (Å²) in [4.78, 5) is 15.0. The van der Waals surface area contributed by atoms with Crippen molar-refractivity contribution < 1.29 is 4.79 Å². The lowest BCUT2D eigenvalue weighted by Gasteiger charge is -2.38. The molecule has 1 saturated heterocycles. The van der Waals surface area contributed by atoms with Gasteiger partial charge in [-0.15, -0.1) is 0 Å². The Kier molecular flexibility index (Phi) is 5.05. The summed E-state index contributed by atoms with van der Waals surface area (Å²) in [6.07, 6.45) is 8.97. The van der Waals surface area contributed by atoms with Gasteiger partial charge >= 0.3 is 0 Å². The highest BCUT2D eigenvalue weighted by Crippen LogP contribution is 2.51. The number of nitrogens with zero attached hydrogens (tertiary/aromatic N) is 1. The fourth-order valence-electron chi connectivity index (χ4n) is 5.07. The number of anilines is 1. The van der Waals surface area contributed by atoms with Crippen molar-refractivity contribution in [1.29, 1.82) is 0 Å². The SMILES string of the molecule is O=C(c1ccc2c(c1)[C@@H]1C=CC[C@@H]1[C@@H](c1ccc(Cl)cc1Cl)N2)N1CCCCC1. The van der Waals surface area contributed by atoms with Crippen molar-refractivity contribution in [3.8, 4) is 0 Å². The summed E-state index contributed by atoms with van der Waals surface area (Å²) in [6.45, 7) is 1.74. The number of carbonyl (C=O) groups excluding carboxylic acids is 1. The highest BCUT2D eigenvalue weighted by atomic mass is 35.5. The Labute approximate surface area is 181 Å². The largest absolute Gasteiger partial charge is 0.378 e. The fraction of sp³-hybridized carbons (Fsp3) is 0.375. The van der Waals surface area contributed by atoms with Crippen molar-refractivity contribution in [1.82, 2.24) is 4.90 Å². The van der Waals surface area contributed by atoms with Gasteiger partial charge < -0.3 is 10.2 Å². The van der Waals surface area contributed by atoms with E-state index in [0.29, 0.717) is 16.0 Å². The number of amides is 1. The van der Waals surface area contributed by atoms with Crippen LogP contribution in [0.4, 0.5) is 5.69 Å². The van der Waals surface area contributed by atoms with Gasteiger partial charge in [0.05, 0.1) is 6.04 Å². The minimum atomic E-state index is 0.121. The predicted octanol–water partition coefficient (Wildman–Crippen LogP) is 6.45. The van der Waals surface area contributed by atoms with Gasteiger partial charge in [-0.3, -0.25) is 4.79 Å². The van der Waals surface area contributed by atoms with E-state index in [0.717, 1.165) is 49.2 Å². The number of allylic oxidation sites excluding steroid dienone is 2. The molecule has 3 atom stereocenters. The molecule has 0 radical (unpaired) electrons. The normalized spacial score (nSPS) is 25.3. The summed E-state index contributed by atoms with van der Waals surface area (Å²) in [5, 5.41) is 5.04. The topological polar surface area (TPSA) is 32.3 Å². The van der Waals surface area contributed by atoms with E-state index >= 15 is 0 Å². The van der Waals surface area contributed by atoms with E-state index in [9.17, 15) is 4.79 Å². The predicted molar refractivity (Wildman–Crippen MR) is 119 cm³/mol. The Bertz CT molecular complexity index is 981. The number of rotatable bonds is 2. The number of fused-ring (bicyclic) bond motifs is 3. The van der Waals surface area contributed by atoms with E-state index in [1.54, 1.807) is 0 Å². The van der Waals surface area contributed by atoms with Gasteiger partial charge in [0, 0.05) is 40.3 Å². The third-order valence-corrected chi connectivity index (χ3v) is 7.11. The van der Waals surface area contributed by atoms with E-state index in [1.807, 2.05) is 29.2 Å². The highest BCUT2D eigenvalue weighted by Gasteiger charge is 2.39. The van der Waals surface area contributed by atoms with Gasteiger partial charge in [0.1, 0.15) is 0 Å². The van der Waals surface area contributed by atoms with Crippen LogP contribution in [0.25, 0.3) is 0 Å². The van der Waals surface area contributed by atoms with Crippen LogP contribution in [0.5, 0.6) is 0 Å². The molecule has 5 heteroatoms. The molecule has 2 heterocycles. The first-order valence-corrected chi connectivity index (χ1v) is 11.2. The summed E-state index contributed by atoms with van der Waals surface area (Å²) in [5.41, 5.74) is 4.18. The van der Waals surface area contributed by atoms with Crippen molar-refractivity contribution in [2.24, 2.45) is 5.92 Å². The maximum atomic E-state index is 13.0. The standard InChI is InChI=1S/C24H24Cl2N2O/c25-16-8-9-19(21(26)14-16)23-18-6-4-5-17(18)20-13-15(7-10-22(20)27-23)24(29)28-11-2-1-3-12-28/h4-5,7-10,13-14,17-18,23,27H,1-3,6,11-12H2/t17-,18+,23+/m1/s1. The second-order valence-electron chi connectivity index (χ2n) is 8.30. The van der Waals surface area contributed by atoms with Crippen LogP contribution in [0.15, 0.2) is 48.6 Å². The van der Waals surface area contributed by atoms with Crippen LogP contribution in [0, 0.1) is 5.92 Å². The molecule has 0 spiro atoms. The molecule has 0 saturated carbocycles. The Morgan fingerprint density at radius 1 is 1.00 bits per heavy atom. The van der Waals surface area contributed by atoms with Gasteiger partial charge in [-0.1, -0.05) is 41.4 Å². The monoisotopic (exact) mass is 426 g/mol. The molecule has 3 aliphatic rings. The quantitative estimate of drug-likeness (QED) is 0.559. The lowest BCUT2D eigenvalue weighted by molar-refractivity contribution is 0.0724. The van der Waals surface area contributed by atoms with E-state index in [1.165, 1.54) is 12.0 Å². The summed E-state index contributed by atoms with van der Waals surface area (Å²) in [5.74, 6) is 0.826. The molecule has 1 amide bonds. The zero-order valence-electron chi connectivity index (χ0n) is 16.2. The second-order valence-corrected chi connectivity index (χ2v) is 9.14. The highest BCUT2D eigenvalue weighted by molar-refractivity contribution is 6.35. The molecule has 0 unspecified atom stereocenters. The number of hydrogen-bond acceptors (Lipinski definition) is 2. The first-order chi connectivity index (χ1) is 14.1. The molecule has 2 aliphatic heterocycles. The van der Waals surface area contributed by atoms with Crippen molar-refractivity contribution >= 4 is 34.8 Å². The second kappa shape index (κ2) is 7.70. The summed E-state index contributed by atoms with van der Waals surface area (Å²) >= 11 is 12.6. The van der Waals surface area contributed by atoms with Gasteiger partial charge in [-0.2, -0.15) is 0 Å². The molecule has 1 N–H and O–H groups in total. The van der Waals surface area contributed by atoms with Gasteiger partial charge in [0.15, 0.2) is 0 Å².